The molecular weight excluding hydrogens is 298 g/mol. The molecule has 0 radical (unpaired) electrons. The first-order valence-corrected chi connectivity index (χ1v) is 9.95. The molecule has 1 rings (SSSR count). The number of esters is 1. The summed E-state index contributed by atoms with van der Waals surface area (Å²) in [6.07, 6.45) is 9.44. The van der Waals surface area contributed by atoms with E-state index in [1.807, 2.05) is 17.3 Å². The van der Waals surface area contributed by atoms with Crippen molar-refractivity contribution in [1.29, 1.82) is 0 Å². The Morgan fingerprint density at radius 1 is 1.27 bits per heavy atom. The number of nitrogens with zero attached hydrogens (tertiary/aromatic N) is 1. The maximum atomic E-state index is 12.5. The minimum atomic E-state index is -1.00. The van der Waals surface area contributed by atoms with Crippen molar-refractivity contribution < 1.29 is 14.1 Å². The van der Waals surface area contributed by atoms with E-state index in [4.69, 9.17) is 4.74 Å². The highest BCUT2D eigenvalue weighted by molar-refractivity contribution is 7.89. The van der Waals surface area contributed by atoms with Crippen molar-refractivity contribution in [1.82, 2.24) is 4.31 Å². The number of hydrogen-bond donors (Lipinski definition) is 0. The van der Waals surface area contributed by atoms with Crippen molar-refractivity contribution in [2.45, 2.75) is 71.8 Å². The van der Waals surface area contributed by atoms with Gasteiger partial charge in [-0.05, 0) is 19.8 Å². The zero-order valence-electron chi connectivity index (χ0n) is 14.3. The normalized spacial score (nSPS) is 20.0. The third-order valence-electron chi connectivity index (χ3n) is 3.97. The number of carbonyl (C=O) groups is 1. The van der Waals surface area contributed by atoms with Crippen molar-refractivity contribution >= 4 is 17.3 Å². The maximum Gasteiger partial charge on any atom is 0.335 e. The van der Waals surface area contributed by atoms with Crippen molar-refractivity contribution in [2.75, 3.05) is 18.9 Å². The molecule has 0 aromatic heterocycles. The van der Waals surface area contributed by atoms with E-state index in [2.05, 4.69) is 13.8 Å². The lowest BCUT2D eigenvalue weighted by Gasteiger charge is -2.27. The van der Waals surface area contributed by atoms with Gasteiger partial charge >= 0.3 is 5.97 Å². The van der Waals surface area contributed by atoms with E-state index >= 15 is 0 Å². The second kappa shape index (κ2) is 11.1. The second-order valence-corrected chi connectivity index (χ2v) is 7.24. The van der Waals surface area contributed by atoms with E-state index in [0.717, 1.165) is 25.7 Å². The average Bonchev–Trinajstić information content (AvgIpc) is 2.93. The average molecular weight is 330 g/mol. The summed E-state index contributed by atoms with van der Waals surface area (Å²) in [5, 5.41) is 0. The van der Waals surface area contributed by atoms with Gasteiger partial charge in [0.1, 0.15) is 5.75 Å². The molecule has 0 fully saturated rings. The summed E-state index contributed by atoms with van der Waals surface area (Å²) in [4.78, 5) is 12.1. The maximum absolute atomic E-state index is 12.5. The third kappa shape index (κ3) is 5.94. The molecule has 22 heavy (non-hydrogen) atoms. The zero-order valence-corrected chi connectivity index (χ0v) is 15.1. The molecular formula is C17H31NO3S. The fraction of sp³-hybridized carbons (Fsp3) is 0.824. The van der Waals surface area contributed by atoms with E-state index in [1.54, 1.807) is 0 Å². The van der Waals surface area contributed by atoms with Gasteiger partial charge in [0.2, 0.25) is 0 Å². The Hall–Kier alpha value is -0.520. The molecule has 0 saturated heterocycles. The van der Waals surface area contributed by atoms with Gasteiger partial charge in [-0.3, -0.25) is 0 Å². The Balaban J connectivity index is 2.65. The summed E-state index contributed by atoms with van der Waals surface area (Å²) in [5.74, 6) is 0.448. The lowest BCUT2D eigenvalue weighted by molar-refractivity contribution is -0.138. The molecule has 1 heterocycles. The van der Waals surface area contributed by atoms with E-state index < -0.39 is 11.4 Å². The Bertz CT molecular complexity index is 360. The van der Waals surface area contributed by atoms with Gasteiger partial charge in [0.25, 0.3) is 0 Å². The highest BCUT2D eigenvalue weighted by Crippen LogP contribution is 2.28. The number of carbonyl (C=O) groups excluding carboxylic acids is 1. The van der Waals surface area contributed by atoms with Crippen molar-refractivity contribution in [3.05, 3.63) is 11.6 Å². The van der Waals surface area contributed by atoms with E-state index in [9.17, 15) is 9.35 Å². The molecule has 0 spiro atoms. The molecule has 0 saturated carbocycles. The fourth-order valence-electron chi connectivity index (χ4n) is 2.71. The summed E-state index contributed by atoms with van der Waals surface area (Å²) in [5.41, 5.74) is 0.711. The SMILES string of the molecule is CCCCCC[C@@H]1C(C(=O)OCC)=CCN1[S@@+]([O-])CCCC. The molecule has 0 unspecified atom stereocenters. The quantitative estimate of drug-likeness (QED) is 0.330. The van der Waals surface area contributed by atoms with Crippen LogP contribution in [0.4, 0.5) is 0 Å². The Kier molecular flexibility index (Phi) is 9.84. The summed E-state index contributed by atoms with van der Waals surface area (Å²) in [7, 11) is 0. The highest BCUT2D eigenvalue weighted by Gasteiger charge is 2.38. The van der Waals surface area contributed by atoms with Crippen LogP contribution in [0.3, 0.4) is 0 Å². The van der Waals surface area contributed by atoms with Crippen LogP contribution in [-0.4, -0.2) is 39.8 Å². The van der Waals surface area contributed by atoms with E-state index in [1.165, 1.54) is 19.3 Å². The predicted molar refractivity (Wildman–Crippen MR) is 91.9 cm³/mol. The van der Waals surface area contributed by atoms with Crippen LogP contribution < -0.4 is 0 Å². The number of ether oxygens (including phenoxy) is 1. The van der Waals surface area contributed by atoms with Crippen molar-refractivity contribution in [3.8, 4) is 0 Å². The van der Waals surface area contributed by atoms with Gasteiger partial charge in [0.05, 0.1) is 24.8 Å². The summed E-state index contributed by atoms with van der Waals surface area (Å²) in [6.45, 7) is 7.10. The molecule has 128 valence electrons. The zero-order chi connectivity index (χ0) is 16.4. The van der Waals surface area contributed by atoms with Crippen LogP contribution in [0.5, 0.6) is 0 Å². The van der Waals surface area contributed by atoms with Crippen LogP contribution in [0.2, 0.25) is 0 Å². The van der Waals surface area contributed by atoms with Crippen molar-refractivity contribution in [2.24, 2.45) is 0 Å². The monoisotopic (exact) mass is 329 g/mol. The highest BCUT2D eigenvalue weighted by atomic mass is 32.2. The summed E-state index contributed by atoms with van der Waals surface area (Å²) >= 11 is -1.00. The topological polar surface area (TPSA) is 52.6 Å². The smallest absolute Gasteiger partial charge is 0.335 e. The Labute approximate surface area is 138 Å². The van der Waals surface area contributed by atoms with Gasteiger partial charge < -0.3 is 9.29 Å². The van der Waals surface area contributed by atoms with Gasteiger partial charge in [-0.2, -0.15) is 0 Å². The third-order valence-corrected chi connectivity index (χ3v) is 5.54. The molecule has 0 aromatic carbocycles. The first-order chi connectivity index (χ1) is 10.7. The van der Waals surface area contributed by atoms with E-state index in [0.29, 0.717) is 24.5 Å². The summed E-state index contributed by atoms with van der Waals surface area (Å²) in [6, 6.07) is -0.0337. The van der Waals surface area contributed by atoms with E-state index in [-0.39, 0.29) is 12.0 Å². The number of hydrogen-bond acceptors (Lipinski definition) is 4. The molecule has 1 aliphatic heterocycles. The predicted octanol–water partition coefficient (Wildman–Crippen LogP) is 3.59. The Morgan fingerprint density at radius 2 is 2.00 bits per heavy atom. The Morgan fingerprint density at radius 3 is 2.64 bits per heavy atom. The lowest BCUT2D eigenvalue weighted by atomic mass is 10.0. The molecule has 0 amide bonds. The first-order valence-electron chi connectivity index (χ1n) is 8.67. The largest absolute Gasteiger partial charge is 0.598 e. The van der Waals surface area contributed by atoms with Crippen molar-refractivity contribution in [3.63, 3.8) is 0 Å². The van der Waals surface area contributed by atoms with Gasteiger partial charge in [-0.1, -0.05) is 52.0 Å². The molecule has 4 nitrogen and oxygen atoms in total. The van der Waals surface area contributed by atoms with Crippen LogP contribution in [0.1, 0.15) is 65.7 Å². The van der Waals surface area contributed by atoms with Crippen LogP contribution in [0.25, 0.3) is 0 Å². The molecule has 2 atom stereocenters. The number of unbranched alkanes of at least 4 members (excludes halogenated alkanes) is 4. The van der Waals surface area contributed by atoms with Gasteiger partial charge in [0.15, 0.2) is 0 Å². The fourth-order valence-corrected chi connectivity index (χ4v) is 4.23. The van der Waals surface area contributed by atoms with Gasteiger partial charge in [-0.15, -0.1) is 4.31 Å². The first kappa shape index (κ1) is 19.5. The van der Waals surface area contributed by atoms with Crippen LogP contribution in [-0.2, 0) is 20.9 Å². The van der Waals surface area contributed by atoms with Crippen LogP contribution >= 0.6 is 0 Å². The molecule has 0 aromatic rings. The standard InChI is InChI=1S/C17H31NO3S/c1-4-7-9-10-11-16-15(17(19)21-6-3)12-13-18(16)22(20)14-8-5-2/h12,16H,4-11,13-14H2,1-3H3/t16-,22+/m1/s1. The minimum absolute atomic E-state index is 0.0337. The number of rotatable bonds is 11. The molecule has 1 aliphatic rings. The second-order valence-electron chi connectivity index (χ2n) is 5.72. The molecule has 5 heteroatoms. The molecule has 0 aliphatic carbocycles. The minimum Gasteiger partial charge on any atom is -0.598 e. The van der Waals surface area contributed by atoms with Gasteiger partial charge in [-0.25, -0.2) is 4.79 Å². The molecule has 0 bridgehead atoms. The van der Waals surface area contributed by atoms with Crippen LogP contribution in [0.15, 0.2) is 11.6 Å². The van der Waals surface area contributed by atoms with Gasteiger partial charge in [0, 0.05) is 11.4 Å². The lowest BCUT2D eigenvalue weighted by Crippen LogP contribution is -2.40. The van der Waals surface area contributed by atoms with Crippen LogP contribution in [0, 0.1) is 0 Å². The summed E-state index contributed by atoms with van der Waals surface area (Å²) < 4.78 is 19.6. The molecule has 0 N–H and O–H groups in total.